The number of carbonyl (C=O) groups is 1. The number of likely N-dealkylation sites (tertiary alicyclic amines) is 1. The van der Waals surface area contributed by atoms with E-state index in [0.29, 0.717) is 18.2 Å². The lowest BCUT2D eigenvalue weighted by Crippen LogP contribution is -2.47. The first-order valence-corrected chi connectivity index (χ1v) is 14.3. The molecule has 6 nitrogen and oxygen atoms in total. The Bertz CT molecular complexity index is 1550. The van der Waals surface area contributed by atoms with Gasteiger partial charge in [0.25, 0.3) is 0 Å². The third-order valence-electron chi connectivity index (χ3n) is 7.76. The van der Waals surface area contributed by atoms with Gasteiger partial charge in [-0.05, 0) is 80.4 Å². The van der Waals surface area contributed by atoms with Crippen molar-refractivity contribution < 1.29 is 9.18 Å². The number of hydrogen-bond acceptors (Lipinski definition) is 5. The number of nitrogens with one attached hydrogen (secondary N) is 1. The first kappa shape index (κ1) is 25.9. The van der Waals surface area contributed by atoms with Gasteiger partial charge in [0.15, 0.2) is 0 Å². The summed E-state index contributed by atoms with van der Waals surface area (Å²) >= 11 is 7.73. The highest BCUT2D eigenvalue weighted by atomic mass is 35.5. The summed E-state index contributed by atoms with van der Waals surface area (Å²) in [5.74, 6) is -0.223. The first-order chi connectivity index (χ1) is 18.9. The fourth-order valence-electron chi connectivity index (χ4n) is 5.80. The van der Waals surface area contributed by atoms with Crippen LogP contribution >= 0.6 is 22.9 Å². The van der Waals surface area contributed by atoms with Crippen LogP contribution in [-0.2, 0) is 12.0 Å². The zero-order chi connectivity index (χ0) is 27.0. The number of thiazole rings is 1. The highest BCUT2D eigenvalue weighted by Gasteiger charge is 2.48. The molecule has 2 aromatic carbocycles. The Labute approximate surface area is 236 Å². The van der Waals surface area contributed by atoms with Crippen LogP contribution in [0.15, 0.2) is 60.8 Å². The summed E-state index contributed by atoms with van der Waals surface area (Å²) < 4.78 is 14.4. The van der Waals surface area contributed by atoms with Crippen LogP contribution in [0.4, 0.5) is 14.9 Å². The summed E-state index contributed by atoms with van der Waals surface area (Å²) in [7, 11) is 0. The van der Waals surface area contributed by atoms with Crippen LogP contribution in [-0.4, -0.2) is 47.1 Å². The van der Waals surface area contributed by atoms with Gasteiger partial charge in [0.2, 0.25) is 0 Å². The van der Waals surface area contributed by atoms with Crippen LogP contribution < -0.4 is 10.2 Å². The van der Waals surface area contributed by atoms with Crippen LogP contribution in [0.5, 0.6) is 0 Å². The molecule has 39 heavy (non-hydrogen) atoms. The lowest BCUT2D eigenvalue weighted by atomic mass is 9.74. The zero-order valence-electron chi connectivity index (χ0n) is 21.7. The number of amides is 2. The third-order valence-corrected chi connectivity index (χ3v) is 8.91. The normalized spacial score (nSPS) is 16.8. The Morgan fingerprint density at radius 3 is 2.74 bits per heavy atom. The number of anilines is 1. The van der Waals surface area contributed by atoms with E-state index in [4.69, 9.17) is 16.6 Å². The second-order valence-electron chi connectivity index (χ2n) is 10.3. The lowest BCUT2D eigenvalue weighted by Gasteiger charge is -2.39. The number of nitrogens with zero attached hydrogens (tertiary/aromatic N) is 4. The number of carbonyl (C=O) groups excluding carboxylic acids is 1. The lowest BCUT2D eigenvalue weighted by molar-refractivity contribution is 0.180. The van der Waals surface area contributed by atoms with Crippen molar-refractivity contribution in [2.24, 2.45) is 0 Å². The number of fused-ring (bicyclic) bond motifs is 4. The second kappa shape index (κ2) is 10.7. The molecule has 0 radical (unpaired) electrons. The van der Waals surface area contributed by atoms with Gasteiger partial charge in [-0.25, -0.2) is 19.2 Å². The Kier molecular flexibility index (Phi) is 7.10. The van der Waals surface area contributed by atoms with Gasteiger partial charge in [0.05, 0.1) is 20.9 Å². The number of piperidine rings is 1. The molecule has 1 saturated heterocycles. The Hall–Kier alpha value is -3.33. The summed E-state index contributed by atoms with van der Waals surface area (Å²) in [5.41, 5.74) is 4.98. The van der Waals surface area contributed by atoms with E-state index in [1.807, 2.05) is 24.0 Å². The van der Waals surface area contributed by atoms with E-state index in [0.717, 1.165) is 59.8 Å². The highest BCUT2D eigenvalue weighted by molar-refractivity contribution is 7.18. The van der Waals surface area contributed by atoms with E-state index in [-0.39, 0.29) is 17.3 Å². The minimum Gasteiger partial charge on any atom is -0.334 e. The van der Waals surface area contributed by atoms with Crippen LogP contribution in [0.2, 0.25) is 5.15 Å². The summed E-state index contributed by atoms with van der Waals surface area (Å²) in [6.45, 7) is 5.75. The molecule has 2 amide bonds. The first-order valence-electron chi connectivity index (χ1n) is 13.1. The van der Waals surface area contributed by atoms with Crippen molar-refractivity contribution in [2.45, 2.75) is 31.7 Å². The van der Waals surface area contributed by atoms with Crippen molar-refractivity contribution in [3.63, 3.8) is 0 Å². The molecule has 4 heterocycles. The van der Waals surface area contributed by atoms with Gasteiger partial charge in [0, 0.05) is 36.8 Å². The van der Waals surface area contributed by atoms with Gasteiger partial charge in [-0.3, -0.25) is 9.80 Å². The molecule has 1 spiro atoms. The molecule has 200 valence electrons. The molecule has 1 fully saturated rings. The number of benzene rings is 2. The fraction of sp³-hybridized carbons (Fsp3) is 0.300. The van der Waals surface area contributed by atoms with E-state index in [1.54, 1.807) is 35.7 Å². The smallest absolute Gasteiger partial charge is 0.322 e. The maximum Gasteiger partial charge on any atom is 0.322 e. The molecule has 6 rings (SSSR count). The fourth-order valence-corrected chi connectivity index (χ4v) is 6.83. The van der Waals surface area contributed by atoms with Crippen molar-refractivity contribution in [3.8, 4) is 0 Å². The van der Waals surface area contributed by atoms with E-state index in [2.05, 4.69) is 33.4 Å². The topological polar surface area (TPSA) is 61.4 Å². The molecule has 0 atom stereocenters. The number of pyridine rings is 1. The Balaban J connectivity index is 1.20. The Morgan fingerprint density at radius 2 is 1.97 bits per heavy atom. The number of hydrogen-bond donors (Lipinski definition) is 1. The molecule has 1 N–H and O–H groups in total. The average molecular weight is 562 g/mol. The van der Waals surface area contributed by atoms with Crippen molar-refractivity contribution in [3.05, 3.63) is 93.5 Å². The molecule has 0 bridgehead atoms. The van der Waals surface area contributed by atoms with E-state index >= 15 is 0 Å². The van der Waals surface area contributed by atoms with Crippen molar-refractivity contribution in [1.29, 1.82) is 0 Å². The molecule has 0 unspecified atom stereocenters. The highest BCUT2D eigenvalue weighted by Crippen LogP contribution is 2.50. The number of rotatable bonds is 5. The van der Waals surface area contributed by atoms with Crippen LogP contribution in [0.1, 0.15) is 34.5 Å². The SMILES string of the molecule is Cc1nc2c3c(ccc2s1)N(C(=O)NCc1ccnc(Cl)c1)CC31CCN(CC=Cc2ccc(F)cc2)CC1. The van der Waals surface area contributed by atoms with Crippen molar-refractivity contribution in [2.75, 3.05) is 31.1 Å². The molecule has 2 aliphatic heterocycles. The largest absolute Gasteiger partial charge is 0.334 e. The van der Waals surface area contributed by atoms with E-state index in [1.165, 1.54) is 22.4 Å². The standard InChI is InChI=1S/C30H29ClFN5OS/c1-20-35-28-25(39-20)9-8-24-27(28)30(19-37(24)29(38)34-18-22-10-13-33-26(31)17-22)11-15-36(16-12-30)14-2-3-21-4-6-23(32)7-5-21/h2-10,13,17H,11-12,14-16,18-19H2,1H3,(H,34,38). The van der Waals surface area contributed by atoms with Gasteiger partial charge in [0.1, 0.15) is 11.0 Å². The zero-order valence-corrected chi connectivity index (χ0v) is 23.2. The van der Waals surface area contributed by atoms with Gasteiger partial charge in [-0.2, -0.15) is 0 Å². The van der Waals surface area contributed by atoms with E-state index in [9.17, 15) is 9.18 Å². The number of aromatic nitrogens is 2. The molecular weight excluding hydrogens is 533 g/mol. The van der Waals surface area contributed by atoms with E-state index < -0.39 is 0 Å². The molecular formula is C30H29ClFN5OS. The number of urea groups is 1. The van der Waals surface area contributed by atoms with Crippen molar-refractivity contribution >= 4 is 50.9 Å². The number of halogens is 2. The summed E-state index contributed by atoms with van der Waals surface area (Å²) in [4.78, 5) is 26.8. The quantitative estimate of drug-likeness (QED) is 0.280. The van der Waals surface area contributed by atoms with Crippen LogP contribution in [0.3, 0.4) is 0 Å². The van der Waals surface area contributed by atoms with Gasteiger partial charge >= 0.3 is 6.03 Å². The number of aryl methyl sites for hydroxylation is 1. The predicted octanol–water partition coefficient (Wildman–Crippen LogP) is 6.57. The molecule has 9 heteroatoms. The predicted molar refractivity (Wildman–Crippen MR) is 156 cm³/mol. The van der Waals surface area contributed by atoms with Crippen LogP contribution in [0, 0.1) is 12.7 Å². The minimum atomic E-state index is -0.223. The molecule has 4 aromatic rings. The maximum absolute atomic E-state index is 13.5. The molecule has 0 aliphatic carbocycles. The maximum atomic E-state index is 13.5. The van der Waals surface area contributed by atoms with Crippen molar-refractivity contribution in [1.82, 2.24) is 20.2 Å². The van der Waals surface area contributed by atoms with Crippen LogP contribution in [0.25, 0.3) is 16.3 Å². The van der Waals surface area contributed by atoms with Gasteiger partial charge in [-0.15, -0.1) is 11.3 Å². The molecule has 0 saturated carbocycles. The Morgan fingerprint density at radius 1 is 1.18 bits per heavy atom. The molecule has 2 aromatic heterocycles. The molecule has 2 aliphatic rings. The summed E-state index contributed by atoms with van der Waals surface area (Å²) in [6, 6.07) is 14.2. The second-order valence-corrected chi connectivity index (χ2v) is 11.9. The third kappa shape index (κ3) is 5.29. The van der Waals surface area contributed by atoms with Gasteiger partial charge < -0.3 is 5.32 Å². The average Bonchev–Trinajstić information content (AvgIpc) is 3.47. The van der Waals surface area contributed by atoms with Gasteiger partial charge in [-0.1, -0.05) is 35.9 Å². The monoisotopic (exact) mass is 561 g/mol. The minimum absolute atomic E-state index is 0.114. The summed E-state index contributed by atoms with van der Waals surface area (Å²) in [6.07, 6.45) is 7.72. The summed E-state index contributed by atoms with van der Waals surface area (Å²) in [5, 5.41) is 4.53.